The molecule has 10 heteroatoms. The molecule has 0 unspecified atom stereocenters. The Morgan fingerprint density at radius 3 is 2.77 bits per heavy atom. The number of anilines is 1. The number of rotatable bonds is 6. The summed E-state index contributed by atoms with van der Waals surface area (Å²) in [7, 11) is -3.15. The highest BCUT2D eigenvalue weighted by atomic mass is 32.2. The highest BCUT2D eigenvalue weighted by molar-refractivity contribution is 7.83. The van der Waals surface area contributed by atoms with E-state index < -0.39 is 28.6 Å². The number of aliphatic hydroxyl groups excluding tert-OH is 1. The summed E-state index contributed by atoms with van der Waals surface area (Å²) < 4.78 is 38.6. The molecule has 1 fully saturated rings. The zero-order valence-electron chi connectivity index (χ0n) is 16.8. The van der Waals surface area contributed by atoms with Gasteiger partial charge in [-0.3, -0.25) is 4.55 Å². The Hall–Kier alpha value is -2.27. The van der Waals surface area contributed by atoms with E-state index in [1.54, 1.807) is 6.07 Å². The number of likely N-dealkylation sites (N-methyl/N-ethyl adjacent to an activating group) is 1. The first-order valence-electron chi connectivity index (χ1n) is 9.94. The molecule has 2 aliphatic carbocycles. The molecule has 162 valence electrons. The Morgan fingerprint density at radius 2 is 2.00 bits per heavy atom. The lowest BCUT2D eigenvalue weighted by Gasteiger charge is -2.23. The molecule has 9 nitrogen and oxygen atoms in total. The lowest BCUT2D eigenvalue weighted by Crippen LogP contribution is -2.41. The third-order valence-corrected chi connectivity index (χ3v) is 7.02. The highest BCUT2D eigenvalue weighted by Gasteiger charge is 2.40. The van der Waals surface area contributed by atoms with E-state index >= 15 is 0 Å². The molecule has 1 aromatic heterocycles. The monoisotopic (exact) mass is 434 g/mol. The number of ether oxygens (including phenoxy) is 1. The van der Waals surface area contributed by atoms with Crippen LogP contribution in [0.3, 0.4) is 0 Å². The number of hydrogen-bond donors (Lipinski definition) is 3. The minimum Gasteiger partial charge on any atom is -0.474 e. The minimum absolute atomic E-state index is 0.144. The van der Waals surface area contributed by atoms with E-state index in [1.807, 2.05) is 12.1 Å². The van der Waals surface area contributed by atoms with Gasteiger partial charge in [-0.25, -0.2) is 9.97 Å². The SMILES string of the molecule is C[C@H]1Cc2ccccc2[C@H]1Nc1cc(O[C@H]2C[C@H](O)[C@@H](N(C)S(=O)(=O)O)C2)ncn1. The predicted molar refractivity (Wildman–Crippen MR) is 110 cm³/mol. The van der Waals surface area contributed by atoms with Crippen LogP contribution in [0.15, 0.2) is 36.7 Å². The quantitative estimate of drug-likeness (QED) is 0.588. The molecule has 0 saturated heterocycles. The number of aliphatic hydroxyl groups is 1. The standard InChI is InChI=1S/C20H26N4O5S/c1-12-7-13-5-3-4-6-15(13)20(12)23-18-10-19(22-11-21-18)29-14-8-16(17(25)9-14)24(2)30(26,27)28/h3-6,10-12,14,16-17,20,25H,7-9H2,1-2H3,(H,21,22,23)(H,26,27,28)/t12-,14+,16-,17-,20-/m0/s1. The van der Waals surface area contributed by atoms with Crippen LogP contribution in [0.2, 0.25) is 0 Å². The van der Waals surface area contributed by atoms with E-state index in [2.05, 4.69) is 34.3 Å². The first-order valence-corrected chi connectivity index (χ1v) is 11.3. The second-order valence-corrected chi connectivity index (χ2v) is 9.56. The maximum atomic E-state index is 11.4. The summed E-state index contributed by atoms with van der Waals surface area (Å²) in [6.07, 6.45) is 1.54. The van der Waals surface area contributed by atoms with Crippen molar-refractivity contribution in [3.05, 3.63) is 47.8 Å². The van der Waals surface area contributed by atoms with Crippen LogP contribution in [-0.4, -0.2) is 57.6 Å². The Morgan fingerprint density at radius 1 is 1.23 bits per heavy atom. The number of benzene rings is 1. The average molecular weight is 435 g/mol. The van der Waals surface area contributed by atoms with E-state index in [4.69, 9.17) is 4.74 Å². The largest absolute Gasteiger partial charge is 0.474 e. The minimum atomic E-state index is -4.38. The van der Waals surface area contributed by atoms with Gasteiger partial charge in [-0.1, -0.05) is 31.2 Å². The summed E-state index contributed by atoms with van der Waals surface area (Å²) in [5.74, 6) is 1.40. The van der Waals surface area contributed by atoms with E-state index in [0.29, 0.717) is 17.6 Å². The van der Waals surface area contributed by atoms with Crippen LogP contribution in [0.5, 0.6) is 5.88 Å². The second-order valence-electron chi connectivity index (χ2n) is 8.08. The van der Waals surface area contributed by atoms with Crippen molar-refractivity contribution in [3.63, 3.8) is 0 Å². The number of nitrogens with one attached hydrogen (secondary N) is 1. The van der Waals surface area contributed by atoms with E-state index in [9.17, 15) is 18.1 Å². The van der Waals surface area contributed by atoms with Crippen molar-refractivity contribution in [3.8, 4) is 5.88 Å². The fourth-order valence-corrected chi connectivity index (χ4v) is 5.00. The van der Waals surface area contributed by atoms with Crippen molar-refractivity contribution in [2.24, 2.45) is 5.92 Å². The third kappa shape index (κ3) is 4.27. The van der Waals surface area contributed by atoms with Gasteiger partial charge in [0.25, 0.3) is 0 Å². The maximum absolute atomic E-state index is 11.4. The van der Waals surface area contributed by atoms with Gasteiger partial charge in [0.2, 0.25) is 5.88 Å². The van der Waals surface area contributed by atoms with Crippen molar-refractivity contribution >= 4 is 16.1 Å². The predicted octanol–water partition coefficient (Wildman–Crippen LogP) is 1.83. The molecule has 0 spiro atoms. The molecule has 4 rings (SSSR count). The van der Waals surface area contributed by atoms with Crippen LogP contribution >= 0.6 is 0 Å². The van der Waals surface area contributed by atoms with Gasteiger partial charge in [0.05, 0.1) is 18.2 Å². The molecule has 0 amide bonds. The summed E-state index contributed by atoms with van der Waals surface area (Å²) in [6, 6.07) is 9.46. The molecule has 0 radical (unpaired) electrons. The Kier molecular flexibility index (Phi) is 5.67. The first-order chi connectivity index (χ1) is 14.2. The van der Waals surface area contributed by atoms with Crippen LogP contribution in [0, 0.1) is 5.92 Å². The smallest absolute Gasteiger partial charge is 0.335 e. The van der Waals surface area contributed by atoms with E-state index in [0.717, 1.165) is 10.7 Å². The van der Waals surface area contributed by atoms with Crippen molar-refractivity contribution in [1.29, 1.82) is 0 Å². The molecule has 1 heterocycles. The highest BCUT2D eigenvalue weighted by Crippen LogP contribution is 2.38. The number of nitrogens with zero attached hydrogens (tertiary/aromatic N) is 3. The number of fused-ring (bicyclic) bond motifs is 1. The van der Waals surface area contributed by atoms with Gasteiger partial charge in [0.15, 0.2) is 0 Å². The van der Waals surface area contributed by atoms with Gasteiger partial charge < -0.3 is 15.2 Å². The normalized spacial score (nSPS) is 28.5. The van der Waals surface area contributed by atoms with Crippen molar-refractivity contribution in [2.75, 3.05) is 12.4 Å². The van der Waals surface area contributed by atoms with E-state index in [-0.39, 0.29) is 18.9 Å². The van der Waals surface area contributed by atoms with Crippen LogP contribution < -0.4 is 10.1 Å². The third-order valence-electron chi connectivity index (χ3n) is 6.02. The molecule has 0 aliphatic heterocycles. The second kappa shape index (κ2) is 8.10. The summed E-state index contributed by atoms with van der Waals surface area (Å²) in [5, 5.41) is 13.7. The topological polar surface area (TPSA) is 125 Å². The summed E-state index contributed by atoms with van der Waals surface area (Å²) in [6.45, 7) is 2.20. The molecule has 0 bridgehead atoms. The Labute approximate surface area is 176 Å². The van der Waals surface area contributed by atoms with Crippen LogP contribution in [0.4, 0.5) is 5.82 Å². The van der Waals surface area contributed by atoms with Gasteiger partial charge in [-0.05, 0) is 23.5 Å². The van der Waals surface area contributed by atoms with Crippen molar-refractivity contribution < 1.29 is 22.8 Å². The molecular weight excluding hydrogens is 408 g/mol. The molecule has 1 aromatic carbocycles. The van der Waals surface area contributed by atoms with Gasteiger partial charge in [-0.2, -0.15) is 12.7 Å². The number of aromatic nitrogens is 2. The van der Waals surface area contributed by atoms with Crippen molar-refractivity contribution in [2.45, 2.75) is 50.5 Å². The van der Waals surface area contributed by atoms with Gasteiger partial charge in [0, 0.05) is 26.0 Å². The molecule has 30 heavy (non-hydrogen) atoms. The molecular formula is C20H26N4O5S. The fraction of sp³-hybridized carbons (Fsp3) is 0.500. The van der Waals surface area contributed by atoms with Crippen LogP contribution in [0.1, 0.15) is 36.9 Å². The van der Waals surface area contributed by atoms with Crippen LogP contribution in [-0.2, 0) is 16.7 Å². The molecule has 2 aliphatic rings. The lowest BCUT2D eigenvalue weighted by atomic mass is 10.0. The summed E-state index contributed by atoms with van der Waals surface area (Å²) in [4.78, 5) is 8.45. The number of hydrogen-bond acceptors (Lipinski definition) is 7. The Bertz CT molecular complexity index is 1020. The maximum Gasteiger partial charge on any atom is 0.335 e. The molecule has 3 N–H and O–H groups in total. The van der Waals surface area contributed by atoms with Gasteiger partial charge in [-0.15, -0.1) is 0 Å². The lowest BCUT2D eigenvalue weighted by molar-refractivity contribution is 0.113. The zero-order chi connectivity index (χ0) is 21.5. The fourth-order valence-electron chi connectivity index (χ4n) is 4.43. The zero-order valence-corrected chi connectivity index (χ0v) is 17.7. The molecule has 5 atom stereocenters. The average Bonchev–Trinajstić information content (AvgIpc) is 3.20. The van der Waals surface area contributed by atoms with E-state index in [1.165, 1.54) is 24.5 Å². The van der Waals surface area contributed by atoms with Gasteiger partial charge >= 0.3 is 10.3 Å². The first kappa shape index (κ1) is 21.0. The van der Waals surface area contributed by atoms with Crippen LogP contribution in [0.25, 0.3) is 0 Å². The van der Waals surface area contributed by atoms with Gasteiger partial charge in [0.1, 0.15) is 18.2 Å². The summed E-state index contributed by atoms with van der Waals surface area (Å²) in [5.41, 5.74) is 2.60. The van der Waals surface area contributed by atoms with Crippen molar-refractivity contribution in [1.82, 2.24) is 14.3 Å². The summed E-state index contributed by atoms with van der Waals surface area (Å²) >= 11 is 0. The molecule has 2 aromatic rings. The Balaban J connectivity index is 1.44. The molecule has 1 saturated carbocycles.